The fraction of sp³-hybridized carbons (Fsp3) is 0.556. The van der Waals surface area contributed by atoms with E-state index in [1.165, 1.54) is 5.56 Å². The molecule has 2 aliphatic heterocycles. The van der Waals surface area contributed by atoms with Gasteiger partial charge in [-0.15, -0.1) is 0 Å². The highest BCUT2D eigenvalue weighted by Crippen LogP contribution is 2.20. The highest BCUT2D eigenvalue weighted by molar-refractivity contribution is 5.50. The van der Waals surface area contributed by atoms with E-state index in [0.29, 0.717) is 6.61 Å². The number of methoxy groups -OCH3 is 1. The van der Waals surface area contributed by atoms with Crippen molar-refractivity contribution in [2.45, 2.75) is 5.60 Å². The van der Waals surface area contributed by atoms with Crippen LogP contribution in [0.3, 0.4) is 0 Å². The summed E-state index contributed by atoms with van der Waals surface area (Å²) in [5.41, 5.74) is 0.996. The normalized spacial score (nSPS) is 26.5. The topological polar surface area (TPSA) is 43.0 Å². The van der Waals surface area contributed by atoms with Crippen LogP contribution in [0.25, 0.3) is 6.08 Å². The van der Waals surface area contributed by atoms with Crippen molar-refractivity contribution >= 4 is 6.08 Å². The van der Waals surface area contributed by atoms with Crippen LogP contribution in [0, 0.1) is 0 Å². The molecule has 1 spiro atoms. The second kappa shape index (κ2) is 7.93. The number of nitrogens with zero attached hydrogens (tertiary/aromatic N) is 1. The number of hydrogen-bond donors (Lipinski definition) is 1. The van der Waals surface area contributed by atoms with Gasteiger partial charge in [0.05, 0.1) is 26.9 Å². The van der Waals surface area contributed by atoms with Crippen LogP contribution in [-0.4, -0.2) is 70.2 Å². The van der Waals surface area contributed by atoms with Crippen LogP contribution < -0.4 is 10.1 Å². The van der Waals surface area contributed by atoms with Crippen molar-refractivity contribution in [3.8, 4) is 5.75 Å². The zero-order valence-electron chi connectivity index (χ0n) is 13.8. The van der Waals surface area contributed by atoms with Gasteiger partial charge in [0.1, 0.15) is 11.4 Å². The zero-order valence-corrected chi connectivity index (χ0v) is 13.8. The number of hydrogen-bond acceptors (Lipinski definition) is 5. The Hall–Kier alpha value is -1.40. The van der Waals surface area contributed by atoms with Crippen molar-refractivity contribution in [2.75, 3.05) is 59.7 Å². The van der Waals surface area contributed by atoms with E-state index in [0.717, 1.165) is 51.7 Å². The Balaban J connectivity index is 1.53. The minimum atomic E-state index is -0.192. The van der Waals surface area contributed by atoms with E-state index in [4.69, 9.17) is 14.2 Å². The number of ether oxygens (including phenoxy) is 3. The van der Waals surface area contributed by atoms with Gasteiger partial charge >= 0.3 is 0 Å². The third-order valence-electron chi connectivity index (χ3n) is 4.35. The average molecular weight is 318 g/mol. The van der Waals surface area contributed by atoms with E-state index >= 15 is 0 Å². The van der Waals surface area contributed by atoms with Crippen LogP contribution in [0.4, 0.5) is 0 Å². The summed E-state index contributed by atoms with van der Waals surface area (Å²) in [7, 11) is 1.69. The predicted molar refractivity (Wildman–Crippen MR) is 90.8 cm³/mol. The van der Waals surface area contributed by atoms with Gasteiger partial charge in [-0.2, -0.15) is 0 Å². The van der Waals surface area contributed by atoms with Crippen LogP contribution >= 0.6 is 0 Å². The van der Waals surface area contributed by atoms with Gasteiger partial charge in [-0.05, 0) is 17.7 Å². The van der Waals surface area contributed by atoms with Crippen molar-refractivity contribution in [3.05, 3.63) is 35.9 Å². The predicted octanol–water partition coefficient (Wildman–Crippen LogP) is 1.40. The van der Waals surface area contributed by atoms with Gasteiger partial charge in [-0.1, -0.05) is 24.3 Å². The van der Waals surface area contributed by atoms with Gasteiger partial charge in [-0.25, -0.2) is 0 Å². The molecule has 23 heavy (non-hydrogen) atoms. The average Bonchev–Trinajstić information content (AvgIpc) is 2.81. The van der Waals surface area contributed by atoms with Gasteiger partial charge in [0.15, 0.2) is 0 Å². The standard InChI is InChI=1S/C18H26N2O3/c1-21-17-6-4-16(5-7-17)3-2-9-20-10-12-23-18(14-20)13-19-8-11-22-15-18/h2-7,19H,8-15H2,1H3. The maximum absolute atomic E-state index is 6.04. The van der Waals surface area contributed by atoms with Crippen molar-refractivity contribution in [2.24, 2.45) is 0 Å². The van der Waals surface area contributed by atoms with Gasteiger partial charge in [0.25, 0.3) is 0 Å². The number of rotatable bonds is 4. The lowest BCUT2D eigenvalue weighted by atomic mass is 10.0. The molecule has 2 heterocycles. The van der Waals surface area contributed by atoms with Gasteiger partial charge in [0.2, 0.25) is 0 Å². The molecule has 2 saturated heterocycles. The maximum Gasteiger partial charge on any atom is 0.118 e. The molecule has 1 N–H and O–H groups in total. The Kier molecular flexibility index (Phi) is 5.67. The summed E-state index contributed by atoms with van der Waals surface area (Å²) >= 11 is 0. The summed E-state index contributed by atoms with van der Waals surface area (Å²) < 4.78 is 16.9. The third kappa shape index (κ3) is 4.54. The first kappa shape index (κ1) is 16.5. The van der Waals surface area contributed by atoms with Crippen LogP contribution in [0.1, 0.15) is 5.56 Å². The van der Waals surface area contributed by atoms with Crippen LogP contribution in [0.2, 0.25) is 0 Å². The van der Waals surface area contributed by atoms with Crippen molar-refractivity contribution in [1.82, 2.24) is 10.2 Å². The summed E-state index contributed by atoms with van der Waals surface area (Å²) in [5, 5.41) is 3.41. The second-order valence-electron chi connectivity index (χ2n) is 6.17. The Morgan fingerprint density at radius 2 is 2.17 bits per heavy atom. The maximum atomic E-state index is 6.04. The minimum absolute atomic E-state index is 0.192. The van der Waals surface area contributed by atoms with Crippen LogP contribution in [-0.2, 0) is 9.47 Å². The molecule has 0 aromatic heterocycles. The number of nitrogens with one attached hydrogen (secondary N) is 1. The highest BCUT2D eigenvalue weighted by Gasteiger charge is 2.37. The molecule has 2 fully saturated rings. The van der Waals surface area contributed by atoms with E-state index in [1.807, 2.05) is 12.1 Å². The van der Waals surface area contributed by atoms with Crippen molar-refractivity contribution in [3.63, 3.8) is 0 Å². The van der Waals surface area contributed by atoms with E-state index in [2.05, 4.69) is 34.5 Å². The molecule has 126 valence electrons. The van der Waals surface area contributed by atoms with Gasteiger partial charge in [0, 0.05) is 32.7 Å². The Bertz CT molecular complexity index is 508. The lowest BCUT2D eigenvalue weighted by molar-refractivity contribution is -0.131. The summed E-state index contributed by atoms with van der Waals surface area (Å²) in [6.07, 6.45) is 4.37. The van der Waals surface area contributed by atoms with E-state index in [9.17, 15) is 0 Å². The SMILES string of the molecule is COc1ccc(C=CCN2CCOC3(CNCCOC3)C2)cc1. The van der Waals surface area contributed by atoms with Crippen LogP contribution in [0.15, 0.2) is 30.3 Å². The summed E-state index contributed by atoms with van der Waals surface area (Å²) in [5.74, 6) is 0.887. The first-order valence-electron chi connectivity index (χ1n) is 8.25. The molecule has 0 radical (unpaired) electrons. The molecule has 1 unspecified atom stereocenters. The quantitative estimate of drug-likeness (QED) is 0.909. The molecule has 1 aromatic carbocycles. The summed E-state index contributed by atoms with van der Waals surface area (Å²) in [4.78, 5) is 2.43. The lowest BCUT2D eigenvalue weighted by Gasteiger charge is -2.41. The Morgan fingerprint density at radius 1 is 1.30 bits per heavy atom. The smallest absolute Gasteiger partial charge is 0.118 e. The van der Waals surface area contributed by atoms with Crippen molar-refractivity contribution in [1.29, 1.82) is 0 Å². The Morgan fingerprint density at radius 3 is 3.00 bits per heavy atom. The third-order valence-corrected chi connectivity index (χ3v) is 4.35. The van der Waals surface area contributed by atoms with Crippen molar-refractivity contribution < 1.29 is 14.2 Å². The van der Waals surface area contributed by atoms with E-state index < -0.39 is 0 Å². The molecule has 5 heteroatoms. The minimum Gasteiger partial charge on any atom is -0.497 e. The van der Waals surface area contributed by atoms with E-state index in [1.54, 1.807) is 7.11 Å². The summed E-state index contributed by atoms with van der Waals surface area (Å²) in [6.45, 7) is 6.79. The molecule has 0 amide bonds. The first-order chi connectivity index (χ1) is 11.3. The molecular formula is C18H26N2O3. The molecule has 0 saturated carbocycles. The molecule has 1 aromatic rings. The monoisotopic (exact) mass is 318 g/mol. The molecule has 5 nitrogen and oxygen atoms in total. The van der Waals surface area contributed by atoms with Gasteiger partial charge < -0.3 is 19.5 Å². The molecular weight excluding hydrogens is 292 g/mol. The first-order valence-corrected chi connectivity index (χ1v) is 8.25. The molecule has 1 atom stereocenters. The lowest BCUT2D eigenvalue weighted by Crippen LogP contribution is -2.58. The number of morpholine rings is 1. The fourth-order valence-electron chi connectivity index (χ4n) is 3.10. The highest BCUT2D eigenvalue weighted by atomic mass is 16.5. The second-order valence-corrected chi connectivity index (χ2v) is 6.17. The fourth-order valence-corrected chi connectivity index (χ4v) is 3.10. The molecule has 3 rings (SSSR count). The molecule has 0 aliphatic carbocycles. The van der Waals surface area contributed by atoms with E-state index in [-0.39, 0.29) is 5.60 Å². The van der Waals surface area contributed by atoms with Crippen LogP contribution in [0.5, 0.6) is 5.75 Å². The summed E-state index contributed by atoms with van der Waals surface area (Å²) in [6, 6.07) is 8.11. The molecule has 2 aliphatic rings. The Labute approximate surface area is 138 Å². The van der Waals surface area contributed by atoms with Gasteiger partial charge in [-0.3, -0.25) is 4.90 Å². The number of benzene rings is 1. The molecule has 0 bridgehead atoms. The largest absolute Gasteiger partial charge is 0.497 e. The zero-order chi connectivity index (χ0) is 16.0.